The number of halogens is 1. The molecule has 2 N–H and O–H groups in total. The van der Waals surface area contributed by atoms with E-state index in [2.05, 4.69) is 15.7 Å². The van der Waals surface area contributed by atoms with E-state index in [1.165, 1.54) is 0 Å². The van der Waals surface area contributed by atoms with Crippen molar-refractivity contribution < 1.29 is 4.79 Å². The van der Waals surface area contributed by atoms with E-state index in [4.69, 9.17) is 0 Å². The molecule has 1 aromatic heterocycles. The van der Waals surface area contributed by atoms with Crippen LogP contribution >= 0.6 is 12.4 Å². The van der Waals surface area contributed by atoms with Gasteiger partial charge in [0.25, 0.3) is 5.91 Å². The number of benzene rings is 2. The topological polar surface area (TPSA) is 59.0 Å². The van der Waals surface area contributed by atoms with Gasteiger partial charge in [0.1, 0.15) is 0 Å². The Hall–Kier alpha value is -2.63. The maximum absolute atomic E-state index is 13.1. The molecule has 2 aromatic carbocycles. The van der Waals surface area contributed by atoms with E-state index in [0.29, 0.717) is 11.5 Å². The van der Waals surface area contributed by atoms with Crippen molar-refractivity contribution in [3.63, 3.8) is 0 Å². The van der Waals surface area contributed by atoms with Crippen molar-refractivity contribution in [3.05, 3.63) is 77.6 Å². The number of piperidine rings is 1. The lowest BCUT2D eigenvalue weighted by Gasteiger charge is -2.24. The van der Waals surface area contributed by atoms with Gasteiger partial charge in [0.2, 0.25) is 0 Å². The molecule has 1 fully saturated rings. The molecule has 2 heterocycles. The number of carbonyl (C=O) groups excluding carboxylic acids is 1. The van der Waals surface area contributed by atoms with Crippen LogP contribution in [0.15, 0.2) is 60.8 Å². The maximum Gasteiger partial charge on any atom is 0.259 e. The van der Waals surface area contributed by atoms with Crippen LogP contribution in [0.3, 0.4) is 0 Å². The molecule has 0 saturated carbocycles. The summed E-state index contributed by atoms with van der Waals surface area (Å²) in [5, 5.41) is 11.0. The third kappa shape index (κ3) is 4.11. The Labute approximate surface area is 171 Å². The summed E-state index contributed by atoms with van der Waals surface area (Å²) in [6.07, 6.45) is 3.71. The minimum Gasteiger partial charge on any atom is -0.322 e. The van der Waals surface area contributed by atoms with E-state index in [1.54, 1.807) is 6.20 Å². The van der Waals surface area contributed by atoms with Crippen molar-refractivity contribution in [2.45, 2.75) is 25.7 Å². The van der Waals surface area contributed by atoms with Gasteiger partial charge in [0.15, 0.2) is 0 Å². The van der Waals surface area contributed by atoms with E-state index in [-0.39, 0.29) is 18.3 Å². The van der Waals surface area contributed by atoms with Gasteiger partial charge >= 0.3 is 0 Å². The van der Waals surface area contributed by atoms with Crippen molar-refractivity contribution in [3.8, 4) is 5.69 Å². The highest BCUT2D eigenvalue weighted by Crippen LogP contribution is 2.30. The third-order valence-electron chi connectivity index (χ3n) is 5.17. The summed E-state index contributed by atoms with van der Waals surface area (Å²) in [5.74, 6) is 0.214. The zero-order chi connectivity index (χ0) is 18.6. The second-order valence-corrected chi connectivity index (χ2v) is 6.98. The second-order valence-electron chi connectivity index (χ2n) is 6.98. The number of para-hydroxylation sites is 2. The van der Waals surface area contributed by atoms with Gasteiger partial charge in [-0.15, -0.1) is 12.4 Å². The molecule has 3 aromatic rings. The van der Waals surface area contributed by atoms with Gasteiger partial charge in [-0.1, -0.05) is 36.4 Å². The van der Waals surface area contributed by atoms with Gasteiger partial charge in [-0.05, 0) is 56.6 Å². The first-order valence-corrected chi connectivity index (χ1v) is 9.45. The number of aromatic nitrogens is 2. The first-order valence-electron chi connectivity index (χ1n) is 9.45. The average molecular weight is 397 g/mol. The zero-order valence-corrected chi connectivity index (χ0v) is 16.7. The molecule has 0 unspecified atom stereocenters. The predicted molar refractivity (Wildman–Crippen MR) is 115 cm³/mol. The number of amides is 1. The van der Waals surface area contributed by atoms with Crippen molar-refractivity contribution in [1.29, 1.82) is 0 Å². The van der Waals surface area contributed by atoms with Crippen LogP contribution in [0.4, 0.5) is 5.69 Å². The van der Waals surface area contributed by atoms with Crippen LogP contribution in [0.5, 0.6) is 0 Å². The zero-order valence-electron chi connectivity index (χ0n) is 15.9. The third-order valence-corrected chi connectivity index (χ3v) is 5.17. The van der Waals surface area contributed by atoms with Gasteiger partial charge in [0, 0.05) is 11.6 Å². The highest BCUT2D eigenvalue weighted by atomic mass is 35.5. The lowest BCUT2D eigenvalue weighted by molar-refractivity contribution is 0.102. The number of rotatable bonds is 4. The summed E-state index contributed by atoms with van der Waals surface area (Å²) >= 11 is 0. The molecular weight excluding hydrogens is 372 g/mol. The molecule has 1 aliphatic heterocycles. The molecule has 0 atom stereocenters. The van der Waals surface area contributed by atoms with Crippen molar-refractivity contribution >= 4 is 24.0 Å². The smallest absolute Gasteiger partial charge is 0.259 e. The van der Waals surface area contributed by atoms with Crippen molar-refractivity contribution in [2.75, 3.05) is 18.4 Å². The molecule has 4 rings (SSSR count). The van der Waals surface area contributed by atoms with E-state index < -0.39 is 0 Å². The van der Waals surface area contributed by atoms with E-state index >= 15 is 0 Å². The lowest BCUT2D eigenvalue weighted by Crippen LogP contribution is -2.29. The number of nitrogens with one attached hydrogen (secondary N) is 2. The summed E-state index contributed by atoms with van der Waals surface area (Å²) in [7, 11) is 0. The Balaban J connectivity index is 0.00000225. The van der Waals surface area contributed by atoms with Crippen LogP contribution < -0.4 is 10.6 Å². The Bertz CT molecular complexity index is 933. The molecule has 0 aliphatic carbocycles. The molecule has 6 heteroatoms. The first kappa shape index (κ1) is 20.1. The molecule has 0 bridgehead atoms. The van der Waals surface area contributed by atoms with Crippen molar-refractivity contribution in [1.82, 2.24) is 15.1 Å². The molecular formula is C22H25ClN4O. The molecule has 1 saturated heterocycles. The fraction of sp³-hybridized carbons (Fsp3) is 0.273. The Morgan fingerprint density at radius 3 is 2.46 bits per heavy atom. The van der Waals surface area contributed by atoms with E-state index in [1.807, 2.05) is 66.2 Å². The molecule has 0 spiro atoms. The van der Waals surface area contributed by atoms with Crippen LogP contribution in [-0.4, -0.2) is 28.8 Å². The fourth-order valence-corrected chi connectivity index (χ4v) is 3.70. The molecule has 28 heavy (non-hydrogen) atoms. The van der Waals surface area contributed by atoms with Crippen LogP contribution in [-0.2, 0) is 0 Å². The number of hydrogen-bond acceptors (Lipinski definition) is 3. The Morgan fingerprint density at radius 2 is 1.75 bits per heavy atom. The van der Waals surface area contributed by atoms with Gasteiger partial charge in [-0.2, -0.15) is 5.10 Å². The summed E-state index contributed by atoms with van der Waals surface area (Å²) in [5.41, 5.74) is 4.54. The monoisotopic (exact) mass is 396 g/mol. The SMILES string of the molecule is Cc1ccccc1NC(=O)c1cnn(-c2ccccc2)c1C1CCNCC1.Cl. The normalized spacial score (nSPS) is 14.3. The molecule has 146 valence electrons. The summed E-state index contributed by atoms with van der Waals surface area (Å²) in [6, 6.07) is 17.9. The Morgan fingerprint density at radius 1 is 1.07 bits per heavy atom. The molecule has 1 aliphatic rings. The summed E-state index contributed by atoms with van der Waals surface area (Å²) < 4.78 is 1.93. The Kier molecular flexibility index (Phi) is 6.49. The second kappa shape index (κ2) is 9.04. The van der Waals surface area contributed by atoms with Gasteiger partial charge < -0.3 is 10.6 Å². The standard InChI is InChI=1S/C22H24N4O.ClH/c1-16-7-5-6-10-20(16)25-22(27)19-15-24-26(18-8-3-2-4-9-18)21(19)17-11-13-23-14-12-17;/h2-10,15,17,23H,11-14H2,1H3,(H,25,27);1H. The number of hydrogen-bond donors (Lipinski definition) is 2. The minimum absolute atomic E-state index is 0. The van der Waals surface area contributed by atoms with Gasteiger partial charge in [0.05, 0.1) is 23.1 Å². The number of carbonyl (C=O) groups is 1. The highest BCUT2D eigenvalue weighted by Gasteiger charge is 2.27. The summed E-state index contributed by atoms with van der Waals surface area (Å²) in [4.78, 5) is 13.1. The molecule has 5 nitrogen and oxygen atoms in total. The average Bonchev–Trinajstić information content (AvgIpc) is 3.16. The minimum atomic E-state index is -0.0972. The van der Waals surface area contributed by atoms with Crippen molar-refractivity contribution in [2.24, 2.45) is 0 Å². The van der Waals surface area contributed by atoms with Crippen LogP contribution in [0.25, 0.3) is 5.69 Å². The van der Waals surface area contributed by atoms with E-state index in [0.717, 1.165) is 48.6 Å². The lowest BCUT2D eigenvalue weighted by atomic mass is 9.91. The van der Waals surface area contributed by atoms with Crippen LogP contribution in [0, 0.1) is 6.92 Å². The molecule has 1 amide bonds. The van der Waals surface area contributed by atoms with Gasteiger partial charge in [-0.25, -0.2) is 4.68 Å². The summed E-state index contributed by atoms with van der Waals surface area (Å²) in [6.45, 7) is 3.92. The predicted octanol–water partition coefficient (Wildman–Crippen LogP) is 4.32. The van der Waals surface area contributed by atoms with Gasteiger partial charge in [-0.3, -0.25) is 4.79 Å². The quantitative estimate of drug-likeness (QED) is 0.690. The fourth-order valence-electron chi connectivity index (χ4n) is 3.70. The number of anilines is 1. The number of nitrogens with zero attached hydrogens (tertiary/aromatic N) is 2. The van der Waals surface area contributed by atoms with E-state index in [9.17, 15) is 4.79 Å². The largest absolute Gasteiger partial charge is 0.322 e. The molecule has 0 radical (unpaired) electrons. The number of aryl methyl sites for hydroxylation is 1. The van der Waals surface area contributed by atoms with Crippen LogP contribution in [0.2, 0.25) is 0 Å². The maximum atomic E-state index is 13.1. The van der Waals surface area contributed by atoms with Crippen LogP contribution in [0.1, 0.15) is 40.4 Å². The first-order chi connectivity index (χ1) is 13.2. The highest BCUT2D eigenvalue weighted by molar-refractivity contribution is 6.05.